The van der Waals surface area contributed by atoms with Crippen LogP contribution in [-0.4, -0.2) is 4.89 Å². The number of hydrogen-bond acceptors (Lipinski definition) is 2. The first-order valence-corrected chi connectivity index (χ1v) is 11.0. The van der Waals surface area contributed by atoms with E-state index in [1.807, 2.05) is 6.07 Å². The molecular formula is C21H31O3P. The first-order chi connectivity index (χ1) is 12.1. The Morgan fingerprint density at radius 2 is 1.68 bits per heavy atom. The quantitative estimate of drug-likeness (QED) is 0.257. The number of para-hydroxylation sites is 1. The highest BCUT2D eigenvalue weighted by molar-refractivity contribution is 7.56. The fourth-order valence-corrected chi connectivity index (χ4v) is 3.03. The Bertz CT molecular complexity index is 613. The van der Waals surface area contributed by atoms with Crippen molar-refractivity contribution in [3.05, 3.63) is 42.2 Å². The van der Waals surface area contributed by atoms with Crippen LogP contribution in [0.4, 0.5) is 0 Å². The lowest BCUT2D eigenvalue weighted by Crippen LogP contribution is -1.91. The molecule has 1 rings (SSSR count). The molecule has 0 saturated heterocycles. The van der Waals surface area contributed by atoms with Crippen molar-refractivity contribution in [1.29, 1.82) is 0 Å². The molecule has 0 aliphatic rings. The van der Waals surface area contributed by atoms with Gasteiger partial charge < -0.3 is 9.42 Å². The molecule has 0 aliphatic carbocycles. The van der Waals surface area contributed by atoms with Gasteiger partial charge in [0.2, 0.25) is 0 Å². The second kappa shape index (κ2) is 12.8. The maximum Gasteiger partial charge on any atom is 0.400 e. The topological polar surface area (TPSA) is 46.5 Å². The minimum Gasteiger partial charge on any atom is -0.420 e. The van der Waals surface area contributed by atoms with E-state index in [9.17, 15) is 9.46 Å². The van der Waals surface area contributed by atoms with Crippen LogP contribution in [0.2, 0.25) is 0 Å². The molecule has 1 aromatic rings. The fraction of sp³-hybridized carbons (Fsp3) is 0.524. The summed E-state index contributed by atoms with van der Waals surface area (Å²) < 4.78 is 16.8. The van der Waals surface area contributed by atoms with Gasteiger partial charge in [0.15, 0.2) is 0 Å². The third-order valence-corrected chi connectivity index (χ3v) is 4.90. The molecule has 0 aliphatic heterocycles. The summed E-state index contributed by atoms with van der Waals surface area (Å²) in [4.78, 5) is 9.53. The zero-order valence-corrected chi connectivity index (χ0v) is 16.3. The lowest BCUT2D eigenvalue weighted by molar-refractivity contribution is 0.392. The van der Waals surface area contributed by atoms with E-state index in [0.29, 0.717) is 11.3 Å². The van der Waals surface area contributed by atoms with Gasteiger partial charge in [-0.1, -0.05) is 88.8 Å². The van der Waals surface area contributed by atoms with Crippen LogP contribution in [0.15, 0.2) is 36.7 Å². The standard InChI is InChI=1S/C21H31O3P/c1-3-5-6-7-8-9-10-11-12-13-14-17-20-18-15-16-19-21(20)24-25(22,23)4-2/h4,15-16,18-19H,2-3,5-13H2,1H3,(H,22,23). The van der Waals surface area contributed by atoms with Gasteiger partial charge in [-0.3, -0.25) is 0 Å². The van der Waals surface area contributed by atoms with E-state index >= 15 is 0 Å². The Morgan fingerprint density at radius 3 is 2.32 bits per heavy atom. The average Bonchev–Trinajstić information content (AvgIpc) is 2.61. The Kier molecular flexibility index (Phi) is 11.0. The van der Waals surface area contributed by atoms with Gasteiger partial charge in [0.25, 0.3) is 0 Å². The van der Waals surface area contributed by atoms with Crippen molar-refractivity contribution in [3.8, 4) is 17.6 Å². The highest BCUT2D eigenvalue weighted by Crippen LogP contribution is 2.44. The summed E-state index contributed by atoms with van der Waals surface area (Å²) in [5.74, 6) is 7.44. The Morgan fingerprint density at radius 1 is 1.08 bits per heavy atom. The van der Waals surface area contributed by atoms with Gasteiger partial charge in [0, 0.05) is 12.2 Å². The van der Waals surface area contributed by atoms with Crippen LogP contribution in [0.1, 0.15) is 76.7 Å². The van der Waals surface area contributed by atoms with E-state index in [1.165, 1.54) is 51.4 Å². The third kappa shape index (κ3) is 10.2. The number of unbranched alkanes of at least 4 members (excludes halogenated alkanes) is 9. The second-order valence-electron chi connectivity index (χ2n) is 6.21. The Labute approximate surface area is 153 Å². The number of benzene rings is 1. The summed E-state index contributed by atoms with van der Waals surface area (Å²) in [6.07, 6.45) is 12.5. The lowest BCUT2D eigenvalue weighted by Gasteiger charge is -2.10. The first-order valence-electron chi connectivity index (χ1n) is 9.32. The molecule has 0 spiro atoms. The van der Waals surface area contributed by atoms with Crippen LogP contribution in [-0.2, 0) is 4.57 Å². The largest absolute Gasteiger partial charge is 0.420 e. The smallest absolute Gasteiger partial charge is 0.400 e. The van der Waals surface area contributed by atoms with E-state index in [4.69, 9.17) is 4.52 Å². The molecule has 0 radical (unpaired) electrons. The van der Waals surface area contributed by atoms with Crippen molar-refractivity contribution in [2.24, 2.45) is 0 Å². The Hall–Kier alpha value is -1.49. The van der Waals surface area contributed by atoms with Crippen LogP contribution >= 0.6 is 7.60 Å². The van der Waals surface area contributed by atoms with Crippen molar-refractivity contribution in [2.75, 3.05) is 0 Å². The summed E-state index contributed by atoms with van der Waals surface area (Å²) in [5, 5.41) is 0. The van der Waals surface area contributed by atoms with Crippen LogP contribution in [0, 0.1) is 11.8 Å². The van der Waals surface area contributed by atoms with Crippen molar-refractivity contribution < 1.29 is 14.0 Å². The summed E-state index contributed by atoms with van der Waals surface area (Å²) in [5.41, 5.74) is 0.634. The van der Waals surface area contributed by atoms with E-state index < -0.39 is 7.60 Å². The summed E-state index contributed by atoms with van der Waals surface area (Å²) >= 11 is 0. The highest BCUT2D eigenvalue weighted by Gasteiger charge is 2.16. The summed E-state index contributed by atoms with van der Waals surface area (Å²) in [6.45, 7) is 5.56. The number of hydrogen-bond donors (Lipinski definition) is 1. The van der Waals surface area contributed by atoms with E-state index in [-0.39, 0.29) is 0 Å². The molecule has 138 valence electrons. The maximum atomic E-state index is 11.6. The highest BCUT2D eigenvalue weighted by atomic mass is 31.2. The molecule has 3 nitrogen and oxygen atoms in total. The lowest BCUT2D eigenvalue weighted by atomic mass is 10.1. The SMILES string of the molecule is C=CP(=O)(O)Oc1ccccc1C#CCCCCCCCCCCC. The predicted molar refractivity (Wildman–Crippen MR) is 106 cm³/mol. The molecule has 4 heteroatoms. The third-order valence-electron chi connectivity index (χ3n) is 3.98. The van der Waals surface area contributed by atoms with Crippen LogP contribution in [0.5, 0.6) is 5.75 Å². The molecule has 0 aromatic heterocycles. The normalized spacial score (nSPS) is 12.7. The van der Waals surface area contributed by atoms with E-state index in [2.05, 4.69) is 25.3 Å². The predicted octanol–water partition coefficient (Wildman–Crippen LogP) is 6.67. The average molecular weight is 362 g/mol. The van der Waals surface area contributed by atoms with Crippen molar-refractivity contribution in [3.63, 3.8) is 0 Å². The van der Waals surface area contributed by atoms with Crippen LogP contribution in [0.3, 0.4) is 0 Å². The second-order valence-corrected chi connectivity index (χ2v) is 7.89. The van der Waals surface area contributed by atoms with Gasteiger partial charge in [-0.25, -0.2) is 4.57 Å². The molecule has 25 heavy (non-hydrogen) atoms. The first kappa shape index (κ1) is 21.6. The molecule has 1 N–H and O–H groups in total. The summed E-state index contributed by atoms with van der Waals surface area (Å²) in [7, 11) is -3.79. The van der Waals surface area contributed by atoms with Gasteiger partial charge in [0.05, 0.1) is 5.56 Å². The summed E-state index contributed by atoms with van der Waals surface area (Å²) in [6, 6.07) is 7.03. The van der Waals surface area contributed by atoms with Gasteiger partial charge in [-0.05, 0) is 18.6 Å². The fourth-order valence-electron chi connectivity index (χ4n) is 2.51. The van der Waals surface area contributed by atoms with E-state index in [0.717, 1.165) is 18.7 Å². The zero-order valence-electron chi connectivity index (χ0n) is 15.4. The molecule has 0 saturated carbocycles. The van der Waals surface area contributed by atoms with Gasteiger partial charge >= 0.3 is 7.60 Å². The molecule has 1 atom stereocenters. The molecule has 1 unspecified atom stereocenters. The van der Waals surface area contributed by atoms with Crippen molar-refractivity contribution in [1.82, 2.24) is 0 Å². The number of rotatable bonds is 12. The molecule has 0 bridgehead atoms. The molecule has 1 aromatic carbocycles. The van der Waals surface area contributed by atoms with Gasteiger partial charge in [-0.2, -0.15) is 0 Å². The maximum absolute atomic E-state index is 11.6. The molecular weight excluding hydrogens is 331 g/mol. The van der Waals surface area contributed by atoms with Crippen LogP contribution < -0.4 is 4.52 Å². The zero-order chi connectivity index (χ0) is 18.4. The monoisotopic (exact) mass is 362 g/mol. The minimum atomic E-state index is -3.79. The van der Waals surface area contributed by atoms with Gasteiger partial charge in [0.1, 0.15) is 5.75 Å². The van der Waals surface area contributed by atoms with Gasteiger partial charge in [-0.15, -0.1) is 0 Å². The van der Waals surface area contributed by atoms with Crippen LogP contribution in [0.25, 0.3) is 0 Å². The molecule has 0 amide bonds. The minimum absolute atomic E-state index is 0.327. The molecule has 0 fully saturated rings. The van der Waals surface area contributed by atoms with Crippen molar-refractivity contribution in [2.45, 2.75) is 71.1 Å². The molecule has 0 heterocycles. The van der Waals surface area contributed by atoms with E-state index in [1.54, 1.807) is 18.2 Å². The van der Waals surface area contributed by atoms with Crippen molar-refractivity contribution >= 4 is 7.60 Å². The Balaban J connectivity index is 2.30.